The number of aromatic amines is 1. The molecule has 0 bridgehead atoms. The molecule has 3 aromatic rings. The van der Waals surface area contributed by atoms with Crippen molar-refractivity contribution >= 4 is 22.5 Å². The summed E-state index contributed by atoms with van der Waals surface area (Å²) in [7, 11) is 0. The maximum absolute atomic E-state index is 6.04. The average molecular weight is 285 g/mol. The second kappa shape index (κ2) is 5.70. The van der Waals surface area contributed by atoms with Gasteiger partial charge in [0, 0.05) is 34.7 Å². The van der Waals surface area contributed by atoms with Crippen molar-refractivity contribution in [1.29, 1.82) is 0 Å². The zero-order chi connectivity index (χ0) is 13.9. The number of rotatable bonds is 4. The van der Waals surface area contributed by atoms with E-state index in [9.17, 15) is 0 Å². The molecule has 0 fully saturated rings. The first-order valence-corrected chi connectivity index (χ1v) is 7.15. The fraction of sp³-hybridized carbons (Fsp3) is 0.176. The third kappa shape index (κ3) is 2.72. The lowest BCUT2D eigenvalue weighted by Gasteiger charge is -2.15. The monoisotopic (exact) mass is 284 g/mol. The number of hydrogen-bond acceptors (Lipinski definition) is 1. The van der Waals surface area contributed by atoms with Crippen molar-refractivity contribution in [3.63, 3.8) is 0 Å². The highest BCUT2D eigenvalue weighted by atomic mass is 35.5. The summed E-state index contributed by atoms with van der Waals surface area (Å²) < 4.78 is 0. The summed E-state index contributed by atoms with van der Waals surface area (Å²) in [5, 5.41) is 5.61. The molecule has 1 aromatic heterocycles. The Labute approximate surface area is 123 Å². The van der Waals surface area contributed by atoms with Crippen molar-refractivity contribution in [2.75, 3.05) is 0 Å². The summed E-state index contributed by atoms with van der Waals surface area (Å²) in [6, 6.07) is 16.7. The Morgan fingerprint density at radius 1 is 1.15 bits per heavy atom. The molecule has 2 aromatic carbocycles. The van der Waals surface area contributed by atoms with E-state index in [0.29, 0.717) is 0 Å². The summed E-state index contributed by atoms with van der Waals surface area (Å²) >= 11 is 6.04. The van der Waals surface area contributed by atoms with Crippen molar-refractivity contribution in [2.45, 2.75) is 19.5 Å². The molecule has 0 aliphatic heterocycles. The number of aromatic nitrogens is 1. The molecule has 2 N–H and O–H groups in total. The first kappa shape index (κ1) is 13.2. The quantitative estimate of drug-likeness (QED) is 0.716. The van der Waals surface area contributed by atoms with E-state index >= 15 is 0 Å². The molecule has 0 spiro atoms. The first-order valence-electron chi connectivity index (χ1n) is 6.78. The molecule has 0 radical (unpaired) electrons. The highest BCUT2D eigenvalue weighted by molar-refractivity contribution is 6.30. The SMILES string of the molecule is C[C@@H](NCc1cccc2[nH]ccc12)c1cccc(Cl)c1. The van der Waals surface area contributed by atoms with Crippen molar-refractivity contribution in [3.8, 4) is 0 Å². The molecule has 0 saturated carbocycles. The number of nitrogens with one attached hydrogen (secondary N) is 2. The smallest absolute Gasteiger partial charge is 0.0457 e. The molecular formula is C17H17ClN2. The highest BCUT2D eigenvalue weighted by Crippen LogP contribution is 2.20. The molecule has 102 valence electrons. The van der Waals surface area contributed by atoms with Crippen molar-refractivity contribution < 1.29 is 0 Å². The molecule has 3 heteroatoms. The molecule has 0 aliphatic rings. The topological polar surface area (TPSA) is 27.8 Å². The second-order valence-corrected chi connectivity index (χ2v) is 5.45. The highest BCUT2D eigenvalue weighted by Gasteiger charge is 2.07. The minimum atomic E-state index is 0.267. The normalized spacial score (nSPS) is 12.7. The summed E-state index contributed by atoms with van der Waals surface area (Å²) in [5.41, 5.74) is 3.69. The van der Waals surface area contributed by atoms with Crippen molar-refractivity contribution in [2.24, 2.45) is 0 Å². The first-order chi connectivity index (χ1) is 9.74. The zero-order valence-corrected chi connectivity index (χ0v) is 12.1. The lowest BCUT2D eigenvalue weighted by Crippen LogP contribution is -2.18. The van der Waals surface area contributed by atoms with Crippen LogP contribution in [0.4, 0.5) is 0 Å². The zero-order valence-electron chi connectivity index (χ0n) is 11.4. The van der Waals surface area contributed by atoms with Crippen LogP contribution in [0, 0.1) is 0 Å². The minimum Gasteiger partial charge on any atom is -0.361 e. The predicted molar refractivity (Wildman–Crippen MR) is 85.0 cm³/mol. The molecular weight excluding hydrogens is 268 g/mol. The summed E-state index contributed by atoms with van der Waals surface area (Å²) in [5.74, 6) is 0. The Morgan fingerprint density at radius 2 is 2.00 bits per heavy atom. The van der Waals surface area contributed by atoms with Gasteiger partial charge in [-0.25, -0.2) is 0 Å². The fourth-order valence-electron chi connectivity index (χ4n) is 2.46. The summed E-state index contributed by atoms with van der Waals surface area (Å²) in [6.45, 7) is 2.99. The van der Waals surface area contributed by atoms with Crippen LogP contribution in [0.15, 0.2) is 54.7 Å². The van der Waals surface area contributed by atoms with Gasteiger partial charge in [-0.15, -0.1) is 0 Å². The van der Waals surface area contributed by atoms with E-state index in [1.165, 1.54) is 22.0 Å². The van der Waals surface area contributed by atoms with E-state index in [2.05, 4.69) is 47.6 Å². The molecule has 0 aliphatic carbocycles. The van der Waals surface area contributed by atoms with Crippen molar-refractivity contribution in [3.05, 3.63) is 70.9 Å². The number of halogens is 1. The van der Waals surface area contributed by atoms with Gasteiger partial charge in [-0.2, -0.15) is 0 Å². The van der Waals surface area contributed by atoms with Crippen LogP contribution >= 0.6 is 11.6 Å². The van der Waals surface area contributed by atoms with Crippen LogP contribution in [-0.2, 0) is 6.54 Å². The van der Waals surface area contributed by atoms with Gasteiger partial charge in [-0.3, -0.25) is 0 Å². The van der Waals surface area contributed by atoms with E-state index in [4.69, 9.17) is 11.6 Å². The maximum Gasteiger partial charge on any atom is 0.0457 e. The number of benzene rings is 2. The number of hydrogen-bond donors (Lipinski definition) is 2. The van der Waals surface area contributed by atoms with Gasteiger partial charge in [0.15, 0.2) is 0 Å². The largest absolute Gasteiger partial charge is 0.361 e. The Morgan fingerprint density at radius 3 is 2.85 bits per heavy atom. The van der Waals surface area contributed by atoms with Gasteiger partial charge in [0.25, 0.3) is 0 Å². The van der Waals surface area contributed by atoms with Crippen LogP contribution in [0.3, 0.4) is 0 Å². The molecule has 20 heavy (non-hydrogen) atoms. The molecule has 1 atom stereocenters. The standard InChI is InChI=1S/C17H17ClN2/c1-12(13-4-2-6-15(18)10-13)20-11-14-5-3-7-17-16(14)8-9-19-17/h2-10,12,19-20H,11H2,1H3/t12-/m1/s1. The summed E-state index contributed by atoms with van der Waals surface area (Å²) in [4.78, 5) is 3.24. The van der Waals surface area contributed by atoms with Crippen LogP contribution in [0.25, 0.3) is 10.9 Å². The van der Waals surface area contributed by atoms with E-state index in [1.54, 1.807) is 0 Å². The maximum atomic E-state index is 6.04. The molecule has 1 heterocycles. The van der Waals surface area contributed by atoms with Crippen LogP contribution in [0.1, 0.15) is 24.1 Å². The Kier molecular flexibility index (Phi) is 3.77. The lowest BCUT2D eigenvalue weighted by molar-refractivity contribution is 0.576. The van der Waals surface area contributed by atoms with E-state index in [-0.39, 0.29) is 6.04 Å². The second-order valence-electron chi connectivity index (χ2n) is 5.01. The van der Waals surface area contributed by atoms with E-state index in [0.717, 1.165) is 11.6 Å². The van der Waals surface area contributed by atoms with Crippen molar-refractivity contribution in [1.82, 2.24) is 10.3 Å². The molecule has 0 unspecified atom stereocenters. The Hall–Kier alpha value is -1.77. The van der Waals surface area contributed by atoms with Gasteiger partial charge in [0.05, 0.1) is 0 Å². The van der Waals surface area contributed by atoms with Gasteiger partial charge < -0.3 is 10.3 Å². The van der Waals surface area contributed by atoms with Crippen LogP contribution < -0.4 is 5.32 Å². The number of H-pyrrole nitrogens is 1. The Balaban J connectivity index is 1.74. The average Bonchev–Trinajstić information content (AvgIpc) is 2.93. The van der Waals surface area contributed by atoms with Crippen LogP contribution in [0.5, 0.6) is 0 Å². The molecule has 3 rings (SSSR count). The van der Waals surface area contributed by atoms with Crippen LogP contribution in [0.2, 0.25) is 5.02 Å². The van der Waals surface area contributed by atoms with Crippen LogP contribution in [-0.4, -0.2) is 4.98 Å². The third-order valence-corrected chi connectivity index (χ3v) is 3.87. The van der Waals surface area contributed by atoms with Gasteiger partial charge in [-0.1, -0.05) is 35.9 Å². The van der Waals surface area contributed by atoms with Gasteiger partial charge in [0.1, 0.15) is 0 Å². The summed E-state index contributed by atoms with van der Waals surface area (Å²) in [6.07, 6.45) is 1.98. The van der Waals surface area contributed by atoms with Gasteiger partial charge in [0.2, 0.25) is 0 Å². The van der Waals surface area contributed by atoms with E-state index in [1.807, 2.05) is 24.4 Å². The van der Waals surface area contributed by atoms with Gasteiger partial charge in [-0.05, 0) is 42.3 Å². The molecule has 2 nitrogen and oxygen atoms in total. The fourth-order valence-corrected chi connectivity index (χ4v) is 2.66. The number of fused-ring (bicyclic) bond motifs is 1. The Bertz CT molecular complexity index is 718. The molecule has 0 amide bonds. The van der Waals surface area contributed by atoms with Gasteiger partial charge >= 0.3 is 0 Å². The predicted octanol–water partition coefficient (Wildman–Crippen LogP) is 4.67. The molecule has 0 saturated heterocycles. The van der Waals surface area contributed by atoms with E-state index < -0.39 is 0 Å². The minimum absolute atomic E-state index is 0.267. The lowest BCUT2D eigenvalue weighted by atomic mass is 10.1. The third-order valence-electron chi connectivity index (χ3n) is 3.63.